The molecule has 0 radical (unpaired) electrons. The molecule has 2 heterocycles. The molecule has 2 fully saturated rings. The molecule has 1 aromatic heterocycles. The molecule has 2 aromatic rings. The van der Waals surface area contributed by atoms with Gasteiger partial charge in [0.2, 0.25) is 5.91 Å². The van der Waals surface area contributed by atoms with Gasteiger partial charge in [0.1, 0.15) is 0 Å². The van der Waals surface area contributed by atoms with Gasteiger partial charge < -0.3 is 4.90 Å². The summed E-state index contributed by atoms with van der Waals surface area (Å²) in [6.45, 7) is 2.49. The Kier molecular flexibility index (Phi) is 7.17. The Balaban J connectivity index is 1.60. The molecule has 10 heteroatoms. The number of benzene rings is 1. The van der Waals surface area contributed by atoms with Crippen LogP contribution in [0, 0.1) is 0 Å². The first-order valence-electron chi connectivity index (χ1n) is 11.1. The summed E-state index contributed by atoms with van der Waals surface area (Å²) in [5.41, 5.74) is 0.373. The van der Waals surface area contributed by atoms with E-state index >= 15 is 0 Å². The van der Waals surface area contributed by atoms with E-state index in [-0.39, 0.29) is 40.8 Å². The van der Waals surface area contributed by atoms with E-state index in [1.807, 2.05) is 11.8 Å². The highest BCUT2D eigenvalue weighted by atomic mass is 35.5. The number of hydrogen-bond donors (Lipinski definition) is 0. The smallest absolute Gasteiger partial charge is 0.262 e. The summed E-state index contributed by atoms with van der Waals surface area (Å²) in [6, 6.07) is 4.87. The Bertz CT molecular complexity index is 1180. The molecule has 0 bridgehead atoms. The number of rotatable bonds is 7. The van der Waals surface area contributed by atoms with Crippen LogP contribution in [0.3, 0.4) is 0 Å². The third-order valence-corrected chi connectivity index (χ3v) is 9.21. The highest BCUT2D eigenvalue weighted by Gasteiger charge is 2.39. The van der Waals surface area contributed by atoms with Gasteiger partial charge in [-0.05, 0) is 43.9 Å². The van der Waals surface area contributed by atoms with Crippen molar-refractivity contribution in [1.82, 2.24) is 14.5 Å². The minimum Gasteiger partial charge on any atom is -0.335 e. The molecule has 2 aliphatic rings. The summed E-state index contributed by atoms with van der Waals surface area (Å²) in [5.74, 6) is 0.236. The molecule has 1 unspecified atom stereocenters. The second-order valence-corrected chi connectivity index (χ2v) is 12.2. The standard InChI is InChI=1S/C22H28ClN3O4S2/c1-2-10-25-21(28)18-8-7-15(23)12-19(18)24-22(25)31-13-20(27)26(16-5-3-4-6-16)17-9-11-32(29,30)14-17/h7-8,12,16-17H,2-6,9-11,13-14H2,1H3. The van der Waals surface area contributed by atoms with Crippen molar-refractivity contribution in [3.05, 3.63) is 33.6 Å². The maximum absolute atomic E-state index is 13.3. The lowest BCUT2D eigenvalue weighted by Gasteiger charge is -2.34. The van der Waals surface area contributed by atoms with Crippen LogP contribution in [0.15, 0.2) is 28.2 Å². The Labute approximate surface area is 197 Å². The molecule has 1 aliphatic heterocycles. The van der Waals surface area contributed by atoms with E-state index in [0.29, 0.717) is 34.0 Å². The fourth-order valence-corrected chi connectivity index (χ4v) is 7.56. The van der Waals surface area contributed by atoms with Gasteiger partial charge in [0.15, 0.2) is 15.0 Å². The number of fused-ring (bicyclic) bond motifs is 1. The van der Waals surface area contributed by atoms with Crippen molar-refractivity contribution in [2.45, 2.75) is 69.2 Å². The van der Waals surface area contributed by atoms with Gasteiger partial charge in [-0.15, -0.1) is 0 Å². The van der Waals surface area contributed by atoms with Crippen LogP contribution in [0.1, 0.15) is 45.4 Å². The molecule has 0 spiro atoms. The minimum absolute atomic E-state index is 0.0488. The molecule has 7 nitrogen and oxygen atoms in total. The van der Waals surface area contributed by atoms with Crippen molar-refractivity contribution >= 4 is 50.0 Å². The molecular weight excluding hydrogens is 470 g/mol. The third kappa shape index (κ3) is 4.99. The summed E-state index contributed by atoms with van der Waals surface area (Å²) < 4.78 is 25.8. The highest BCUT2D eigenvalue weighted by Crippen LogP contribution is 2.30. The van der Waals surface area contributed by atoms with E-state index in [4.69, 9.17) is 11.6 Å². The topological polar surface area (TPSA) is 89.3 Å². The molecule has 1 aromatic carbocycles. The van der Waals surface area contributed by atoms with E-state index < -0.39 is 9.84 Å². The highest BCUT2D eigenvalue weighted by molar-refractivity contribution is 7.99. The first kappa shape index (κ1) is 23.6. The Morgan fingerprint density at radius 2 is 2.00 bits per heavy atom. The van der Waals surface area contributed by atoms with Crippen molar-refractivity contribution < 1.29 is 13.2 Å². The summed E-state index contributed by atoms with van der Waals surface area (Å²) in [6.07, 6.45) is 5.22. The maximum Gasteiger partial charge on any atom is 0.262 e. The van der Waals surface area contributed by atoms with E-state index in [9.17, 15) is 18.0 Å². The molecule has 1 saturated carbocycles. The van der Waals surface area contributed by atoms with E-state index in [1.54, 1.807) is 22.8 Å². The van der Waals surface area contributed by atoms with Crippen molar-refractivity contribution in [1.29, 1.82) is 0 Å². The molecule has 174 valence electrons. The molecule has 1 saturated heterocycles. The van der Waals surface area contributed by atoms with Crippen LogP contribution in [-0.2, 0) is 21.2 Å². The number of aromatic nitrogens is 2. The van der Waals surface area contributed by atoms with Gasteiger partial charge in [-0.2, -0.15) is 0 Å². The summed E-state index contributed by atoms with van der Waals surface area (Å²) in [4.78, 5) is 32.8. The second-order valence-electron chi connectivity index (χ2n) is 8.60. The zero-order valence-electron chi connectivity index (χ0n) is 18.1. The van der Waals surface area contributed by atoms with Crippen molar-refractivity contribution in [2.75, 3.05) is 17.3 Å². The van der Waals surface area contributed by atoms with E-state index in [1.165, 1.54) is 11.8 Å². The number of thioether (sulfide) groups is 1. The summed E-state index contributed by atoms with van der Waals surface area (Å²) in [7, 11) is -3.09. The Morgan fingerprint density at radius 1 is 1.25 bits per heavy atom. The van der Waals surface area contributed by atoms with Gasteiger partial charge >= 0.3 is 0 Å². The third-order valence-electron chi connectivity index (χ3n) is 6.26. The maximum atomic E-state index is 13.3. The van der Waals surface area contributed by atoms with Crippen LogP contribution in [0.4, 0.5) is 0 Å². The van der Waals surface area contributed by atoms with Crippen LogP contribution >= 0.6 is 23.4 Å². The number of sulfone groups is 1. The Morgan fingerprint density at radius 3 is 2.66 bits per heavy atom. The number of amides is 1. The normalized spacial score (nSPS) is 20.8. The molecule has 1 amide bonds. The predicted octanol–water partition coefficient (Wildman–Crippen LogP) is 3.51. The van der Waals surface area contributed by atoms with Gasteiger partial charge in [0.05, 0.1) is 28.2 Å². The zero-order valence-corrected chi connectivity index (χ0v) is 20.5. The van der Waals surface area contributed by atoms with Crippen LogP contribution in [-0.4, -0.2) is 58.1 Å². The van der Waals surface area contributed by atoms with Gasteiger partial charge in [-0.3, -0.25) is 14.2 Å². The van der Waals surface area contributed by atoms with Gasteiger partial charge in [-0.1, -0.05) is 43.1 Å². The largest absolute Gasteiger partial charge is 0.335 e. The molecule has 1 aliphatic carbocycles. The number of hydrogen-bond acceptors (Lipinski definition) is 6. The van der Waals surface area contributed by atoms with Crippen LogP contribution in [0.5, 0.6) is 0 Å². The fourth-order valence-electron chi connectivity index (χ4n) is 4.79. The fraction of sp³-hybridized carbons (Fsp3) is 0.591. The molecular formula is C22H28ClN3O4S2. The first-order valence-corrected chi connectivity index (χ1v) is 14.3. The average molecular weight is 498 g/mol. The van der Waals surface area contributed by atoms with Crippen LogP contribution in [0.2, 0.25) is 5.02 Å². The van der Waals surface area contributed by atoms with E-state index in [0.717, 1.165) is 32.1 Å². The number of nitrogens with zero attached hydrogens (tertiary/aromatic N) is 3. The summed E-state index contributed by atoms with van der Waals surface area (Å²) in [5, 5.41) is 1.49. The second kappa shape index (κ2) is 9.73. The van der Waals surface area contributed by atoms with Gasteiger partial charge in [0, 0.05) is 23.7 Å². The molecule has 0 N–H and O–H groups in total. The average Bonchev–Trinajstić information content (AvgIpc) is 3.39. The zero-order chi connectivity index (χ0) is 22.9. The van der Waals surface area contributed by atoms with Crippen molar-refractivity contribution in [3.8, 4) is 0 Å². The monoisotopic (exact) mass is 497 g/mol. The number of halogens is 1. The van der Waals surface area contributed by atoms with Gasteiger partial charge in [0.25, 0.3) is 5.56 Å². The SMILES string of the molecule is CCCn1c(SCC(=O)N(C2CCCC2)C2CCS(=O)(=O)C2)nc2cc(Cl)ccc2c1=O. The molecule has 4 rings (SSSR count). The minimum atomic E-state index is -3.09. The number of carbonyl (C=O) groups is 1. The van der Waals surface area contributed by atoms with Crippen molar-refractivity contribution in [2.24, 2.45) is 0 Å². The lowest BCUT2D eigenvalue weighted by molar-refractivity contribution is -0.132. The first-order chi connectivity index (χ1) is 15.3. The lowest BCUT2D eigenvalue weighted by atomic mass is 10.1. The lowest BCUT2D eigenvalue weighted by Crippen LogP contribution is -2.47. The van der Waals surface area contributed by atoms with E-state index in [2.05, 4.69) is 4.98 Å². The quantitative estimate of drug-likeness (QED) is 0.429. The van der Waals surface area contributed by atoms with Crippen LogP contribution in [0.25, 0.3) is 10.9 Å². The van der Waals surface area contributed by atoms with Crippen molar-refractivity contribution in [3.63, 3.8) is 0 Å². The van der Waals surface area contributed by atoms with Gasteiger partial charge in [-0.25, -0.2) is 13.4 Å². The number of carbonyl (C=O) groups excluding carboxylic acids is 1. The molecule has 32 heavy (non-hydrogen) atoms. The Hall–Kier alpha value is -1.58. The predicted molar refractivity (Wildman–Crippen MR) is 128 cm³/mol. The molecule has 1 atom stereocenters. The summed E-state index contributed by atoms with van der Waals surface area (Å²) >= 11 is 7.34. The van der Waals surface area contributed by atoms with Crippen LogP contribution < -0.4 is 5.56 Å².